The standard InChI is InChI=1S/C15H21FN2O2/c1-18(15(19)12-4-3-7-17-11-12)8-9-20-14-6-2-5-13(16)10-14/h2,5-6,10,12,17H,3-4,7-9,11H2,1H3. The predicted octanol–water partition coefficient (Wildman–Crippen LogP) is 1.66. The number of amides is 1. The molecule has 20 heavy (non-hydrogen) atoms. The number of hydrogen-bond acceptors (Lipinski definition) is 3. The Balaban J connectivity index is 1.74. The van der Waals surface area contributed by atoms with Crippen LogP contribution in [0.4, 0.5) is 4.39 Å². The maximum atomic E-state index is 13.0. The average molecular weight is 280 g/mol. The van der Waals surface area contributed by atoms with E-state index in [9.17, 15) is 9.18 Å². The van der Waals surface area contributed by atoms with Crippen LogP contribution in [0.5, 0.6) is 5.75 Å². The number of rotatable bonds is 5. The minimum absolute atomic E-state index is 0.0721. The van der Waals surface area contributed by atoms with E-state index in [0.29, 0.717) is 18.9 Å². The zero-order valence-electron chi connectivity index (χ0n) is 11.8. The number of nitrogens with zero attached hydrogens (tertiary/aromatic N) is 1. The average Bonchev–Trinajstić information content (AvgIpc) is 2.47. The molecule has 1 aliphatic heterocycles. The number of likely N-dealkylation sites (N-methyl/N-ethyl adjacent to an activating group) is 1. The lowest BCUT2D eigenvalue weighted by molar-refractivity contribution is -0.135. The number of piperidine rings is 1. The van der Waals surface area contributed by atoms with Gasteiger partial charge in [-0.3, -0.25) is 4.79 Å². The Morgan fingerprint density at radius 2 is 2.40 bits per heavy atom. The summed E-state index contributed by atoms with van der Waals surface area (Å²) in [5, 5.41) is 3.24. The molecule has 0 aromatic heterocycles. The van der Waals surface area contributed by atoms with E-state index in [1.54, 1.807) is 24.1 Å². The highest BCUT2D eigenvalue weighted by atomic mass is 19.1. The Hall–Kier alpha value is -1.62. The van der Waals surface area contributed by atoms with Gasteiger partial charge in [0.1, 0.15) is 18.2 Å². The number of nitrogens with one attached hydrogen (secondary N) is 1. The molecular formula is C15H21FN2O2. The van der Waals surface area contributed by atoms with E-state index >= 15 is 0 Å². The van der Waals surface area contributed by atoms with E-state index in [1.165, 1.54) is 12.1 Å². The van der Waals surface area contributed by atoms with Crippen molar-refractivity contribution >= 4 is 5.91 Å². The van der Waals surface area contributed by atoms with Crippen molar-refractivity contribution in [3.63, 3.8) is 0 Å². The van der Waals surface area contributed by atoms with Crippen LogP contribution in [0.15, 0.2) is 24.3 Å². The summed E-state index contributed by atoms with van der Waals surface area (Å²) < 4.78 is 18.4. The Kier molecular flexibility index (Phi) is 5.35. The Morgan fingerprint density at radius 3 is 3.10 bits per heavy atom. The molecule has 0 aliphatic carbocycles. The highest BCUT2D eigenvalue weighted by Gasteiger charge is 2.23. The van der Waals surface area contributed by atoms with Crippen molar-refractivity contribution in [2.45, 2.75) is 12.8 Å². The summed E-state index contributed by atoms with van der Waals surface area (Å²) in [6.07, 6.45) is 1.99. The third-order valence-corrected chi connectivity index (χ3v) is 3.51. The van der Waals surface area contributed by atoms with Crippen molar-refractivity contribution in [2.75, 3.05) is 33.3 Å². The SMILES string of the molecule is CN(CCOc1cccc(F)c1)C(=O)C1CCCNC1. The molecule has 1 heterocycles. The van der Waals surface area contributed by atoms with Crippen LogP contribution in [0.2, 0.25) is 0 Å². The van der Waals surface area contributed by atoms with Gasteiger partial charge in [0.2, 0.25) is 5.91 Å². The van der Waals surface area contributed by atoms with Crippen molar-refractivity contribution in [3.8, 4) is 5.75 Å². The molecule has 0 saturated carbocycles. The maximum absolute atomic E-state index is 13.0. The molecule has 1 amide bonds. The van der Waals surface area contributed by atoms with Crippen molar-refractivity contribution in [1.82, 2.24) is 10.2 Å². The van der Waals surface area contributed by atoms with Gasteiger partial charge >= 0.3 is 0 Å². The number of carbonyl (C=O) groups excluding carboxylic acids is 1. The minimum Gasteiger partial charge on any atom is -0.492 e. The van der Waals surface area contributed by atoms with Gasteiger partial charge in [-0.1, -0.05) is 6.07 Å². The lowest BCUT2D eigenvalue weighted by Gasteiger charge is -2.27. The molecule has 0 bridgehead atoms. The third kappa shape index (κ3) is 4.20. The van der Waals surface area contributed by atoms with Crippen LogP contribution in [-0.4, -0.2) is 44.1 Å². The summed E-state index contributed by atoms with van der Waals surface area (Å²) in [5.41, 5.74) is 0. The van der Waals surface area contributed by atoms with E-state index in [0.717, 1.165) is 25.9 Å². The number of carbonyl (C=O) groups is 1. The second-order valence-corrected chi connectivity index (χ2v) is 5.11. The molecule has 1 N–H and O–H groups in total. The van der Waals surface area contributed by atoms with Gasteiger partial charge in [0, 0.05) is 19.7 Å². The van der Waals surface area contributed by atoms with E-state index in [-0.39, 0.29) is 17.6 Å². The molecule has 4 nitrogen and oxygen atoms in total. The number of halogens is 1. The van der Waals surface area contributed by atoms with Crippen LogP contribution in [0.3, 0.4) is 0 Å². The normalized spacial score (nSPS) is 18.6. The second kappa shape index (κ2) is 7.24. The van der Waals surface area contributed by atoms with Crippen molar-refractivity contribution < 1.29 is 13.9 Å². The van der Waals surface area contributed by atoms with Gasteiger partial charge < -0.3 is 15.0 Å². The Labute approximate surface area is 118 Å². The molecule has 1 saturated heterocycles. The summed E-state index contributed by atoms with van der Waals surface area (Å²) in [4.78, 5) is 13.9. The summed E-state index contributed by atoms with van der Waals surface area (Å²) in [6, 6.07) is 6.02. The van der Waals surface area contributed by atoms with Gasteiger partial charge in [0.05, 0.1) is 12.5 Å². The number of ether oxygens (including phenoxy) is 1. The maximum Gasteiger partial charge on any atom is 0.226 e. The smallest absolute Gasteiger partial charge is 0.226 e. The van der Waals surface area contributed by atoms with Crippen LogP contribution in [0.1, 0.15) is 12.8 Å². The van der Waals surface area contributed by atoms with Gasteiger partial charge in [-0.25, -0.2) is 4.39 Å². The largest absolute Gasteiger partial charge is 0.492 e. The lowest BCUT2D eigenvalue weighted by atomic mass is 9.98. The van der Waals surface area contributed by atoms with E-state index in [2.05, 4.69) is 5.32 Å². The third-order valence-electron chi connectivity index (χ3n) is 3.51. The first-order chi connectivity index (χ1) is 9.66. The monoisotopic (exact) mass is 280 g/mol. The Bertz CT molecular complexity index is 447. The molecule has 5 heteroatoms. The van der Waals surface area contributed by atoms with E-state index < -0.39 is 0 Å². The summed E-state index contributed by atoms with van der Waals surface area (Å²) in [6.45, 7) is 2.63. The summed E-state index contributed by atoms with van der Waals surface area (Å²) in [7, 11) is 1.78. The van der Waals surface area contributed by atoms with Crippen LogP contribution in [0, 0.1) is 11.7 Å². The molecule has 0 radical (unpaired) electrons. The lowest BCUT2D eigenvalue weighted by Crippen LogP contribution is -2.42. The van der Waals surface area contributed by atoms with Gasteiger partial charge in [0.15, 0.2) is 0 Å². The quantitative estimate of drug-likeness (QED) is 0.892. The molecule has 2 rings (SSSR count). The van der Waals surface area contributed by atoms with E-state index in [1.807, 2.05) is 0 Å². The second-order valence-electron chi connectivity index (χ2n) is 5.11. The fourth-order valence-corrected chi connectivity index (χ4v) is 2.34. The van der Waals surface area contributed by atoms with Crippen LogP contribution in [0.25, 0.3) is 0 Å². The van der Waals surface area contributed by atoms with Gasteiger partial charge in [-0.05, 0) is 31.5 Å². The van der Waals surface area contributed by atoms with Crippen molar-refractivity contribution in [3.05, 3.63) is 30.1 Å². The molecule has 1 aliphatic rings. The first-order valence-electron chi connectivity index (χ1n) is 7.01. The molecule has 1 fully saturated rings. The van der Waals surface area contributed by atoms with E-state index in [4.69, 9.17) is 4.74 Å². The molecule has 0 spiro atoms. The first kappa shape index (κ1) is 14.8. The summed E-state index contributed by atoms with van der Waals surface area (Å²) in [5.74, 6) is 0.397. The first-order valence-corrected chi connectivity index (χ1v) is 7.01. The molecule has 110 valence electrons. The number of hydrogen-bond donors (Lipinski definition) is 1. The molecule has 1 atom stereocenters. The van der Waals surface area contributed by atoms with Crippen LogP contribution < -0.4 is 10.1 Å². The van der Waals surface area contributed by atoms with Crippen LogP contribution in [-0.2, 0) is 4.79 Å². The van der Waals surface area contributed by atoms with Gasteiger partial charge in [-0.15, -0.1) is 0 Å². The van der Waals surface area contributed by atoms with Crippen molar-refractivity contribution in [1.29, 1.82) is 0 Å². The fourth-order valence-electron chi connectivity index (χ4n) is 2.34. The highest BCUT2D eigenvalue weighted by molar-refractivity contribution is 5.78. The predicted molar refractivity (Wildman–Crippen MR) is 75.1 cm³/mol. The zero-order valence-corrected chi connectivity index (χ0v) is 11.8. The Morgan fingerprint density at radius 1 is 1.55 bits per heavy atom. The van der Waals surface area contributed by atoms with Gasteiger partial charge in [0.25, 0.3) is 0 Å². The molecule has 1 aromatic carbocycles. The minimum atomic E-state index is -0.319. The van der Waals surface area contributed by atoms with Crippen molar-refractivity contribution in [2.24, 2.45) is 5.92 Å². The van der Waals surface area contributed by atoms with Crippen LogP contribution >= 0.6 is 0 Å². The van der Waals surface area contributed by atoms with Gasteiger partial charge in [-0.2, -0.15) is 0 Å². The highest BCUT2D eigenvalue weighted by Crippen LogP contribution is 2.14. The molecule has 1 aromatic rings. The fraction of sp³-hybridized carbons (Fsp3) is 0.533. The molecule has 1 unspecified atom stereocenters. The summed E-state index contributed by atoms with van der Waals surface area (Å²) >= 11 is 0. The number of benzene rings is 1. The zero-order chi connectivity index (χ0) is 14.4. The molecular weight excluding hydrogens is 259 g/mol. The topological polar surface area (TPSA) is 41.6 Å².